The number of nitrogens with one attached hydrogen (secondary N) is 1. The molecule has 0 aliphatic carbocycles. The number of halogens is 1. The van der Waals surface area contributed by atoms with Crippen LogP contribution in [0.5, 0.6) is 0 Å². The molecular weight excluding hydrogens is 286 g/mol. The monoisotopic (exact) mass is 309 g/mol. The Hall–Kier alpha value is -1.10. The van der Waals surface area contributed by atoms with Gasteiger partial charge < -0.3 is 11.1 Å². The van der Waals surface area contributed by atoms with Crippen LogP contribution in [-0.2, 0) is 4.79 Å². The SMILES string of the molecule is CNC(=O)C1CCCN(C(c2ccc(Cl)cc2)C(C)N)C1. The second kappa shape index (κ2) is 7.25. The van der Waals surface area contributed by atoms with E-state index in [0.717, 1.165) is 36.5 Å². The third-order valence-corrected chi connectivity index (χ3v) is 4.42. The summed E-state index contributed by atoms with van der Waals surface area (Å²) in [5, 5.41) is 3.48. The van der Waals surface area contributed by atoms with Gasteiger partial charge in [-0.3, -0.25) is 9.69 Å². The normalized spacial score (nSPS) is 22.6. The van der Waals surface area contributed by atoms with Crippen LogP contribution in [0.25, 0.3) is 0 Å². The first-order chi connectivity index (χ1) is 10.0. The first kappa shape index (κ1) is 16.3. The highest BCUT2D eigenvalue weighted by Gasteiger charge is 2.31. The molecule has 0 spiro atoms. The average Bonchev–Trinajstić information content (AvgIpc) is 2.48. The predicted octanol–water partition coefficient (Wildman–Crippen LogP) is 2.19. The minimum absolute atomic E-state index is 0.00499. The summed E-state index contributed by atoms with van der Waals surface area (Å²) in [5.74, 6) is 0.177. The summed E-state index contributed by atoms with van der Waals surface area (Å²) in [6.45, 7) is 3.75. The Morgan fingerprint density at radius 3 is 2.67 bits per heavy atom. The molecular formula is C16H24ClN3O. The Morgan fingerprint density at radius 1 is 1.43 bits per heavy atom. The second-order valence-corrected chi connectivity index (χ2v) is 6.24. The van der Waals surface area contributed by atoms with Crippen molar-refractivity contribution in [1.29, 1.82) is 0 Å². The summed E-state index contributed by atoms with van der Waals surface area (Å²) in [7, 11) is 1.70. The summed E-state index contributed by atoms with van der Waals surface area (Å²) >= 11 is 5.97. The van der Waals surface area contributed by atoms with Crippen molar-refractivity contribution in [3.63, 3.8) is 0 Å². The van der Waals surface area contributed by atoms with Crippen LogP contribution in [0.2, 0.25) is 5.02 Å². The number of rotatable bonds is 4. The van der Waals surface area contributed by atoms with Gasteiger partial charge in [0.05, 0.1) is 5.92 Å². The van der Waals surface area contributed by atoms with E-state index in [1.807, 2.05) is 31.2 Å². The zero-order chi connectivity index (χ0) is 15.4. The van der Waals surface area contributed by atoms with Gasteiger partial charge in [-0.05, 0) is 44.0 Å². The number of nitrogens with zero attached hydrogens (tertiary/aromatic N) is 1. The Balaban J connectivity index is 2.18. The maximum atomic E-state index is 11.9. The zero-order valence-electron chi connectivity index (χ0n) is 12.7. The highest BCUT2D eigenvalue weighted by molar-refractivity contribution is 6.30. The molecule has 1 aromatic carbocycles. The molecule has 1 saturated heterocycles. The van der Waals surface area contributed by atoms with Crippen molar-refractivity contribution in [2.24, 2.45) is 11.7 Å². The van der Waals surface area contributed by atoms with E-state index in [0.29, 0.717) is 0 Å². The topological polar surface area (TPSA) is 58.4 Å². The van der Waals surface area contributed by atoms with Crippen LogP contribution in [0.15, 0.2) is 24.3 Å². The average molecular weight is 310 g/mol. The van der Waals surface area contributed by atoms with Crippen molar-refractivity contribution >= 4 is 17.5 Å². The van der Waals surface area contributed by atoms with Gasteiger partial charge >= 0.3 is 0 Å². The fourth-order valence-corrected chi connectivity index (χ4v) is 3.31. The van der Waals surface area contributed by atoms with Crippen molar-refractivity contribution in [3.8, 4) is 0 Å². The van der Waals surface area contributed by atoms with Crippen LogP contribution in [0.3, 0.4) is 0 Å². The Morgan fingerprint density at radius 2 is 2.10 bits per heavy atom. The van der Waals surface area contributed by atoms with Crippen molar-refractivity contribution in [3.05, 3.63) is 34.9 Å². The predicted molar refractivity (Wildman–Crippen MR) is 86.2 cm³/mol. The number of likely N-dealkylation sites (tertiary alicyclic amines) is 1. The van der Waals surface area contributed by atoms with Crippen molar-refractivity contribution in [2.75, 3.05) is 20.1 Å². The standard InChI is InChI=1S/C16H24ClN3O/c1-11(18)15(12-5-7-14(17)8-6-12)20-9-3-4-13(10-20)16(21)19-2/h5-8,11,13,15H,3-4,9-10,18H2,1-2H3,(H,19,21). The van der Waals surface area contributed by atoms with E-state index in [1.165, 1.54) is 0 Å². The van der Waals surface area contributed by atoms with Crippen LogP contribution in [0, 0.1) is 5.92 Å². The highest BCUT2D eigenvalue weighted by atomic mass is 35.5. The van der Waals surface area contributed by atoms with E-state index in [1.54, 1.807) is 7.05 Å². The fourth-order valence-electron chi connectivity index (χ4n) is 3.18. The number of piperidine rings is 1. The van der Waals surface area contributed by atoms with Gasteiger partial charge in [0.2, 0.25) is 5.91 Å². The maximum Gasteiger partial charge on any atom is 0.224 e. The van der Waals surface area contributed by atoms with Gasteiger partial charge in [0.1, 0.15) is 0 Å². The minimum atomic E-state index is -0.00499. The zero-order valence-corrected chi connectivity index (χ0v) is 13.4. The molecule has 1 aliphatic rings. The molecule has 1 aliphatic heterocycles. The quantitative estimate of drug-likeness (QED) is 0.896. The molecule has 1 heterocycles. The first-order valence-electron chi connectivity index (χ1n) is 7.49. The summed E-state index contributed by atoms with van der Waals surface area (Å²) < 4.78 is 0. The molecule has 4 nitrogen and oxygen atoms in total. The van der Waals surface area contributed by atoms with Gasteiger partial charge in [0.15, 0.2) is 0 Å². The first-order valence-corrected chi connectivity index (χ1v) is 7.87. The molecule has 1 fully saturated rings. The molecule has 3 unspecified atom stereocenters. The summed E-state index contributed by atoms with van der Waals surface area (Å²) in [6.07, 6.45) is 1.97. The molecule has 0 bridgehead atoms. The molecule has 0 radical (unpaired) electrons. The molecule has 0 aromatic heterocycles. The molecule has 1 amide bonds. The van der Waals surface area contributed by atoms with Crippen LogP contribution < -0.4 is 11.1 Å². The van der Waals surface area contributed by atoms with Crippen LogP contribution in [-0.4, -0.2) is 37.0 Å². The number of carbonyl (C=O) groups is 1. The van der Waals surface area contributed by atoms with Crippen LogP contribution in [0.4, 0.5) is 0 Å². The van der Waals surface area contributed by atoms with Crippen molar-refractivity contribution < 1.29 is 4.79 Å². The number of carbonyl (C=O) groups excluding carboxylic acids is 1. The van der Waals surface area contributed by atoms with Gasteiger partial charge in [-0.15, -0.1) is 0 Å². The summed E-state index contributed by atoms with van der Waals surface area (Å²) in [4.78, 5) is 14.2. The van der Waals surface area contributed by atoms with Crippen LogP contribution >= 0.6 is 11.6 Å². The van der Waals surface area contributed by atoms with Gasteiger partial charge in [-0.1, -0.05) is 23.7 Å². The van der Waals surface area contributed by atoms with E-state index in [-0.39, 0.29) is 23.9 Å². The van der Waals surface area contributed by atoms with Gasteiger partial charge in [-0.2, -0.15) is 0 Å². The number of hydrogen-bond acceptors (Lipinski definition) is 3. The maximum absolute atomic E-state index is 11.9. The van der Waals surface area contributed by atoms with Crippen LogP contribution in [0.1, 0.15) is 31.4 Å². The van der Waals surface area contributed by atoms with Crippen molar-refractivity contribution in [1.82, 2.24) is 10.2 Å². The lowest BCUT2D eigenvalue weighted by molar-refractivity contribution is -0.126. The molecule has 2 rings (SSSR count). The smallest absolute Gasteiger partial charge is 0.224 e. The third kappa shape index (κ3) is 3.96. The largest absolute Gasteiger partial charge is 0.359 e. The van der Waals surface area contributed by atoms with E-state index < -0.39 is 0 Å². The Bertz CT molecular complexity index is 475. The van der Waals surface area contributed by atoms with Gasteiger partial charge in [0.25, 0.3) is 0 Å². The highest BCUT2D eigenvalue weighted by Crippen LogP contribution is 2.29. The van der Waals surface area contributed by atoms with E-state index in [4.69, 9.17) is 17.3 Å². The van der Waals surface area contributed by atoms with Gasteiger partial charge in [0, 0.05) is 30.7 Å². The molecule has 0 saturated carbocycles. The molecule has 3 N–H and O–H groups in total. The lowest BCUT2D eigenvalue weighted by Gasteiger charge is -2.39. The molecule has 1 aromatic rings. The van der Waals surface area contributed by atoms with Crippen molar-refractivity contribution in [2.45, 2.75) is 31.8 Å². The van der Waals surface area contributed by atoms with E-state index in [9.17, 15) is 4.79 Å². The minimum Gasteiger partial charge on any atom is -0.359 e. The van der Waals surface area contributed by atoms with Gasteiger partial charge in [-0.25, -0.2) is 0 Å². The molecule has 21 heavy (non-hydrogen) atoms. The molecule has 116 valence electrons. The lowest BCUT2D eigenvalue weighted by Crippen LogP contribution is -2.47. The molecule has 3 atom stereocenters. The number of nitrogens with two attached hydrogens (primary N) is 1. The number of benzene rings is 1. The summed E-state index contributed by atoms with van der Waals surface area (Å²) in [6, 6.07) is 7.96. The Labute approximate surface area is 131 Å². The second-order valence-electron chi connectivity index (χ2n) is 5.80. The number of amides is 1. The summed E-state index contributed by atoms with van der Waals surface area (Å²) in [5.41, 5.74) is 7.38. The van der Waals surface area contributed by atoms with E-state index >= 15 is 0 Å². The number of hydrogen-bond donors (Lipinski definition) is 2. The third-order valence-electron chi connectivity index (χ3n) is 4.17. The Kier molecular flexibility index (Phi) is 5.62. The lowest BCUT2D eigenvalue weighted by atomic mass is 9.92. The van der Waals surface area contributed by atoms with E-state index in [2.05, 4.69) is 10.2 Å². The molecule has 5 heteroatoms. The fraction of sp³-hybridized carbons (Fsp3) is 0.562.